The molecule has 67 heavy (non-hydrogen) atoms. The minimum absolute atomic E-state index is 0.0737. The topological polar surface area (TPSA) is 69.6 Å². The minimum Gasteiger partial charge on any atom is -0.394 e. The Morgan fingerprint density at radius 1 is 0.343 bits per heavy atom. The number of hydrogen-bond donors (Lipinski definition) is 3. The summed E-state index contributed by atoms with van der Waals surface area (Å²) in [6.07, 6.45) is 81.6. The molecule has 0 fully saturated rings. The highest BCUT2D eigenvalue weighted by molar-refractivity contribution is 5.76. The fraction of sp³-hybridized carbons (Fsp3) is 0.857. The van der Waals surface area contributed by atoms with Crippen LogP contribution >= 0.6 is 0 Å². The van der Waals surface area contributed by atoms with Gasteiger partial charge in [-0.2, -0.15) is 0 Å². The van der Waals surface area contributed by atoms with E-state index < -0.39 is 12.1 Å². The molecule has 394 valence electrons. The second kappa shape index (κ2) is 58.7. The van der Waals surface area contributed by atoms with Crippen LogP contribution in [0.4, 0.5) is 0 Å². The van der Waals surface area contributed by atoms with E-state index in [2.05, 4.69) is 55.6 Å². The van der Waals surface area contributed by atoms with Crippen molar-refractivity contribution in [2.75, 3.05) is 6.61 Å². The molecule has 0 aliphatic heterocycles. The normalized spacial score (nSPS) is 13.1. The number of allylic oxidation sites excluding steroid dienone is 7. The Morgan fingerprint density at radius 3 is 0.866 bits per heavy atom. The molecule has 0 spiro atoms. The van der Waals surface area contributed by atoms with Gasteiger partial charge in [-0.25, -0.2) is 0 Å². The molecule has 2 atom stereocenters. The first-order chi connectivity index (χ1) is 33.2. The number of aliphatic hydroxyl groups is 2. The quantitative estimate of drug-likeness (QED) is 0.0420. The summed E-state index contributed by atoms with van der Waals surface area (Å²) in [6, 6.07) is -0.647. The largest absolute Gasteiger partial charge is 0.394 e. The number of carbonyl (C=O) groups excluding carboxylic acids is 1. The fourth-order valence-corrected chi connectivity index (χ4v) is 9.39. The number of aliphatic hydroxyl groups excluding tert-OH is 2. The Kier molecular flexibility index (Phi) is 57.2. The van der Waals surface area contributed by atoms with Crippen LogP contribution in [0.25, 0.3) is 0 Å². The average Bonchev–Trinajstić information content (AvgIpc) is 3.33. The lowest BCUT2D eigenvalue weighted by atomic mass is 10.0. The van der Waals surface area contributed by atoms with E-state index in [-0.39, 0.29) is 12.5 Å². The maximum absolute atomic E-state index is 12.5. The van der Waals surface area contributed by atoms with Crippen LogP contribution in [-0.2, 0) is 4.79 Å². The van der Waals surface area contributed by atoms with Gasteiger partial charge < -0.3 is 15.5 Å². The molecule has 1 amide bonds. The van der Waals surface area contributed by atoms with Crippen LogP contribution in [0.3, 0.4) is 0 Å². The van der Waals surface area contributed by atoms with Crippen molar-refractivity contribution < 1.29 is 15.0 Å². The van der Waals surface area contributed by atoms with Crippen molar-refractivity contribution in [2.24, 2.45) is 0 Å². The molecule has 4 heteroatoms. The molecule has 0 aromatic rings. The van der Waals surface area contributed by atoms with E-state index in [4.69, 9.17) is 0 Å². The SMILES string of the molecule is CCCCCCCCCCCCCC/C=C\CCCCCCCCCCCCCCCCC(=O)NC(CO)C(O)/C=C/CC/C=C/CC/C=C/CCCCCCCCCCCCCCCCC. The lowest BCUT2D eigenvalue weighted by Crippen LogP contribution is -2.45. The molecule has 0 bridgehead atoms. The van der Waals surface area contributed by atoms with Gasteiger partial charge in [0.15, 0.2) is 0 Å². The number of nitrogens with one attached hydrogen (secondary N) is 1. The van der Waals surface area contributed by atoms with E-state index in [9.17, 15) is 15.0 Å². The lowest BCUT2D eigenvalue weighted by Gasteiger charge is -2.19. The van der Waals surface area contributed by atoms with Crippen molar-refractivity contribution in [2.45, 2.75) is 341 Å². The lowest BCUT2D eigenvalue weighted by molar-refractivity contribution is -0.123. The zero-order chi connectivity index (χ0) is 48.5. The third-order valence-corrected chi connectivity index (χ3v) is 14.0. The Balaban J connectivity index is 3.52. The van der Waals surface area contributed by atoms with Crippen molar-refractivity contribution in [3.05, 3.63) is 48.6 Å². The number of hydrogen-bond acceptors (Lipinski definition) is 3. The summed E-state index contributed by atoms with van der Waals surface area (Å²) in [6.45, 7) is 4.33. The van der Waals surface area contributed by atoms with Crippen molar-refractivity contribution in [1.82, 2.24) is 5.32 Å². The van der Waals surface area contributed by atoms with Gasteiger partial charge in [0, 0.05) is 6.42 Å². The molecule has 0 radical (unpaired) electrons. The van der Waals surface area contributed by atoms with E-state index in [0.29, 0.717) is 6.42 Å². The third-order valence-electron chi connectivity index (χ3n) is 14.0. The predicted molar refractivity (Wildman–Crippen MR) is 299 cm³/mol. The Morgan fingerprint density at radius 2 is 0.582 bits per heavy atom. The molecule has 0 saturated heterocycles. The summed E-state index contributed by atoms with van der Waals surface area (Å²) in [5, 5.41) is 23.2. The van der Waals surface area contributed by atoms with Crippen LogP contribution in [-0.4, -0.2) is 34.9 Å². The summed E-state index contributed by atoms with van der Waals surface area (Å²) >= 11 is 0. The van der Waals surface area contributed by atoms with Crippen LogP contribution in [0.1, 0.15) is 328 Å². The summed E-state index contributed by atoms with van der Waals surface area (Å²) in [5.41, 5.74) is 0. The van der Waals surface area contributed by atoms with Crippen molar-refractivity contribution in [3.8, 4) is 0 Å². The monoisotopic (exact) mass is 938 g/mol. The highest BCUT2D eigenvalue weighted by Gasteiger charge is 2.18. The summed E-state index contributed by atoms with van der Waals surface area (Å²) in [7, 11) is 0. The summed E-state index contributed by atoms with van der Waals surface area (Å²) < 4.78 is 0. The van der Waals surface area contributed by atoms with E-state index in [1.54, 1.807) is 6.08 Å². The van der Waals surface area contributed by atoms with Gasteiger partial charge in [0.05, 0.1) is 18.8 Å². The van der Waals surface area contributed by atoms with Gasteiger partial charge in [-0.1, -0.05) is 300 Å². The molecular weight excluding hydrogens is 819 g/mol. The first-order valence-electron chi connectivity index (χ1n) is 30.4. The molecular formula is C63H119NO3. The van der Waals surface area contributed by atoms with E-state index in [1.807, 2.05) is 6.08 Å². The molecule has 0 rings (SSSR count). The molecule has 0 aromatic carbocycles. The summed E-state index contributed by atoms with van der Waals surface area (Å²) in [4.78, 5) is 12.5. The maximum Gasteiger partial charge on any atom is 0.220 e. The van der Waals surface area contributed by atoms with E-state index in [1.165, 1.54) is 270 Å². The molecule has 2 unspecified atom stereocenters. The number of carbonyl (C=O) groups is 1. The Labute approximate surface area is 420 Å². The average molecular weight is 939 g/mol. The zero-order valence-electron chi connectivity index (χ0n) is 45.4. The molecule has 4 nitrogen and oxygen atoms in total. The zero-order valence-corrected chi connectivity index (χ0v) is 45.4. The standard InChI is InChI=1S/C63H119NO3/c1-3-5-7-9-11-13-15-17-19-21-23-25-27-29-30-31-32-33-35-37-39-41-43-45-47-49-51-53-55-57-59-63(67)64-61(60-65)62(66)58-56-54-52-50-48-46-44-42-40-38-36-34-28-26-24-22-20-18-16-14-12-10-8-6-4-2/h29-30,40,42,48,50,56,58,61-62,65-66H,3-28,31-39,41,43-47,49,51-55,57,59-60H2,1-2H3,(H,64,67)/b30-29-,42-40+,50-48+,58-56+. The smallest absolute Gasteiger partial charge is 0.220 e. The van der Waals surface area contributed by atoms with Crippen LogP contribution < -0.4 is 5.32 Å². The second-order valence-electron chi connectivity index (χ2n) is 20.7. The van der Waals surface area contributed by atoms with Crippen LogP contribution in [0.15, 0.2) is 48.6 Å². The maximum atomic E-state index is 12.5. The van der Waals surface area contributed by atoms with E-state index >= 15 is 0 Å². The van der Waals surface area contributed by atoms with Crippen molar-refractivity contribution >= 4 is 5.91 Å². The first kappa shape index (κ1) is 65.3. The molecule has 3 N–H and O–H groups in total. The third kappa shape index (κ3) is 55.2. The van der Waals surface area contributed by atoms with Gasteiger partial charge in [-0.05, 0) is 70.6 Å². The van der Waals surface area contributed by atoms with Crippen LogP contribution in [0.2, 0.25) is 0 Å². The van der Waals surface area contributed by atoms with Crippen LogP contribution in [0, 0.1) is 0 Å². The molecule has 0 heterocycles. The molecule has 0 saturated carbocycles. The first-order valence-corrected chi connectivity index (χ1v) is 30.4. The second-order valence-corrected chi connectivity index (χ2v) is 20.7. The van der Waals surface area contributed by atoms with E-state index in [0.717, 1.165) is 38.5 Å². The van der Waals surface area contributed by atoms with Crippen LogP contribution in [0.5, 0.6) is 0 Å². The molecule has 0 aliphatic rings. The van der Waals surface area contributed by atoms with Gasteiger partial charge in [-0.3, -0.25) is 4.79 Å². The Hall–Kier alpha value is -1.65. The van der Waals surface area contributed by atoms with Crippen molar-refractivity contribution in [3.63, 3.8) is 0 Å². The Bertz CT molecular complexity index is 1060. The minimum atomic E-state index is -0.872. The number of unbranched alkanes of at least 4 members (excludes halogenated alkanes) is 43. The highest BCUT2D eigenvalue weighted by atomic mass is 16.3. The van der Waals surface area contributed by atoms with Crippen molar-refractivity contribution in [1.29, 1.82) is 0 Å². The van der Waals surface area contributed by atoms with Gasteiger partial charge in [0.2, 0.25) is 5.91 Å². The predicted octanol–water partition coefficient (Wildman–Crippen LogP) is 20.2. The number of amides is 1. The summed E-state index contributed by atoms with van der Waals surface area (Å²) in [5.74, 6) is -0.0737. The molecule has 0 aliphatic carbocycles. The van der Waals surface area contributed by atoms with Gasteiger partial charge in [0.25, 0.3) is 0 Å². The fourth-order valence-electron chi connectivity index (χ4n) is 9.39. The highest BCUT2D eigenvalue weighted by Crippen LogP contribution is 2.17. The number of rotatable bonds is 56. The van der Waals surface area contributed by atoms with Gasteiger partial charge in [0.1, 0.15) is 0 Å². The molecule has 0 aromatic heterocycles. The van der Waals surface area contributed by atoms with Gasteiger partial charge in [-0.15, -0.1) is 0 Å². The van der Waals surface area contributed by atoms with Gasteiger partial charge >= 0.3 is 0 Å².